The standard InChI is InChI=1S/C31H36F3NO4/c1-5-21-10-11-29(27(6-2)28(21)12-13-30(36)37)23-16-24(31(32,33)34)19-26(18-23)39-15-14-35-20(3)22-8-7-9-25(17-22)38-4/h7-11,16-20,35H,5-6,12-15H2,1-4H3,(H,36,37). The van der Waals surface area contributed by atoms with Crippen molar-refractivity contribution < 1.29 is 32.5 Å². The van der Waals surface area contributed by atoms with E-state index in [1.54, 1.807) is 13.2 Å². The zero-order chi connectivity index (χ0) is 28.6. The third kappa shape index (κ3) is 7.99. The van der Waals surface area contributed by atoms with E-state index in [1.165, 1.54) is 0 Å². The Labute approximate surface area is 228 Å². The molecule has 5 nitrogen and oxygen atoms in total. The summed E-state index contributed by atoms with van der Waals surface area (Å²) >= 11 is 0. The largest absolute Gasteiger partial charge is 0.497 e. The van der Waals surface area contributed by atoms with Crippen molar-refractivity contribution in [1.29, 1.82) is 0 Å². The summed E-state index contributed by atoms with van der Waals surface area (Å²) in [6.45, 7) is 6.51. The summed E-state index contributed by atoms with van der Waals surface area (Å²) in [5.41, 5.74) is 4.07. The first kappa shape index (κ1) is 30.0. The quantitative estimate of drug-likeness (QED) is 0.222. The molecule has 0 saturated heterocycles. The topological polar surface area (TPSA) is 67.8 Å². The molecular weight excluding hydrogens is 507 g/mol. The van der Waals surface area contributed by atoms with Crippen LogP contribution in [0.15, 0.2) is 54.6 Å². The van der Waals surface area contributed by atoms with E-state index in [9.17, 15) is 23.1 Å². The summed E-state index contributed by atoms with van der Waals surface area (Å²) in [7, 11) is 1.60. The van der Waals surface area contributed by atoms with Gasteiger partial charge in [0.05, 0.1) is 12.7 Å². The third-order valence-corrected chi connectivity index (χ3v) is 6.81. The molecule has 0 saturated carbocycles. The molecule has 3 aromatic carbocycles. The molecule has 39 heavy (non-hydrogen) atoms. The number of hydrogen-bond donors (Lipinski definition) is 2. The number of carboxylic acids is 1. The van der Waals surface area contributed by atoms with Gasteiger partial charge in [-0.3, -0.25) is 4.79 Å². The van der Waals surface area contributed by atoms with E-state index >= 15 is 0 Å². The van der Waals surface area contributed by atoms with Gasteiger partial charge in [-0.15, -0.1) is 0 Å². The van der Waals surface area contributed by atoms with Gasteiger partial charge in [0.25, 0.3) is 0 Å². The number of hydrogen-bond acceptors (Lipinski definition) is 4. The van der Waals surface area contributed by atoms with Crippen LogP contribution in [0, 0.1) is 0 Å². The molecule has 0 aliphatic heterocycles. The Morgan fingerprint density at radius 1 is 1.00 bits per heavy atom. The molecule has 8 heteroatoms. The van der Waals surface area contributed by atoms with Gasteiger partial charge < -0.3 is 19.9 Å². The first-order chi connectivity index (χ1) is 18.6. The summed E-state index contributed by atoms with van der Waals surface area (Å²) in [4.78, 5) is 11.3. The van der Waals surface area contributed by atoms with Gasteiger partial charge in [-0.05, 0) is 89.9 Å². The number of nitrogens with one attached hydrogen (secondary N) is 1. The number of aliphatic carboxylic acids is 1. The van der Waals surface area contributed by atoms with Crippen LogP contribution in [0.1, 0.15) is 61.1 Å². The predicted octanol–water partition coefficient (Wildman–Crippen LogP) is 7.25. The van der Waals surface area contributed by atoms with Crippen LogP contribution in [0.25, 0.3) is 11.1 Å². The first-order valence-corrected chi connectivity index (χ1v) is 13.2. The number of carboxylic acid groups (broad SMARTS) is 1. The van der Waals surface area contributed by atoms with Gasteiger partial charge in [-0.2, -0.15) is 13.2 Å². The summed E-state index contributed by atoms with van der Waals surface area (Å²) in [5, 5.41) is 12.5. The van der Waals surface area contributed by atoms with Crippen molar-refractivity contribution in [2.24, 2.45) is 0 Å². The van der Waals surface area contributed by atoms with Crippen LogP contribution in [-0.2, 0) is 30.2 Å². The van der Waals surface area contributed by atoms with E-state index in [-0.39, 0.29) is 24.8 Å². The Morgan fingerprint density at radius 2 is 1.77 bits per heavy atom. The normalized spacial score (nSPS) is 12.3. The smallest absolute Gasteiger partial charge is 0.416 e. The molecule has 0 aromatic heterocycles. The van der Waals surface area contributed by atoms with Crippen LogP contribution < -0.4 is 14.8 Å². The summed E-state index contributed by atoms with van der Waals surface area (Å²) in [6, 6.07) is 15.2. The predicted molar refractivity (Wildman–Crippen MR) is 146 cm³/mol. The number of alkyl halides is 3. The number of halogens is 3. The maximum atomic E-state index is 13.9. The summed E-state index contributed by atoms with van der Waals surface area (Å²) < 4.78 is 52.6. The van der Waals surface area contributed by atoms with Gasteiger partial charge in [-0.25, -0.2) is 0 Å². The minimum atomic E-state index is -4.55. The molecule has 2 N–H and O–H groups in total. The molecule has 0 aliphatic carbocycles. The van der Waals surface area contributed by atoms with E-state index < -0.39 is 17.7 Å². The van der Waals surface area contributed by atoms with Crippen LogP contribution in [-0.4, -0.2) is 31.3 Å². The molecule has 3 rings (SSSR count). The Bertz CT molecular complexity index is 1270. The van der Waals surface area contributed by atoms with Crippen molar-refractivity contribution in [3.8, 4) is 22.6 Å². The summed E-state index contributed by atoms with van der Waals surface area (Å²) in [6.07, 6.45) is -2.98. The van der Waals surface area contributed by atoms with E-state index in [0.29, 0.717) is 36.9 Å². The molecule has 1 unspecified atom stereocenters. The molecule has 0 aliphatic rings. The fourth-order valence-corrected chi connectivity index (χ4v) is 4.76. The SMILES string of the molecule is CCc1ccc(-c2cc(OCCNC(C)c3cccc(OC)c3)cc(C(F)(F)F)c2)c(CC)c1CCC(=O)O. The maximum absolute atomic E-state index is 13.9. The minimum absolute atomic E-state index is 0.00538. The van der Waals surface area contributed by atoms with Crippen molar-refractivity contribution in [1.82, 2.24) is 5.32 Å². The van der Waals surface area contributed by atoms with Crippen molar-refractivity contribution in [2.75, 3.05) is 20.3 Å². The van der Waals surface area contributed by atoms with Gasteiger partial charge >= 0.3 is 12.1 Å². The highest BCUT2D eigenvalue weighted by atomic mass is 19.4. The van der Waals surface area contributed by atoms with Crippen molar-refractivity contribution in [3.05, 3.63) is 82.4 Å². The first-order valence-electron chi connectivity index (χ1n) is 13.2. The lowest BCUT2D eigenvalue weighted by Crippen LogP contribution is -2.24. The molecule has 0 heterocycles. The van der Waals surface area contributed by atoms with Gasteiger partial charge in [0.1, 0.15) is 18.1 Å². The molecule has 210 valence electrons. The minimum Gasteiger partial charge on any atom is -0.497 e. The number of rotatable bonds is 13. The van der Waals surface area contributed by atoms with Gasteiger partial charge in [-0.1, -0.05) is 38.1 Å². The average molecular weight is 544 g/mol. The third-order valence-electron chi connectivity index (χ3n) is 6.81. The van der Waals surface area contributed by atoms with Crippen LogP contribution >= 0.6 is 0 Å². The monoisotopic (exact) mass is 543 g/mol. The van der Waals surface area contributed by atoms with Gasteiger partial charge in [0, 0.05) is 19.0 Å². The molecule has 3 aromatic rings. The highest BCUT2D eigenvalue weighted by Crippen LogP contribution is 2.38. The van der Waals surface area contributed by atoms with E-state index in [4.69, 9.17) is 9.47 Å². The molecule has 0 fully saturated rings. The number of ether oxygens (including phenoxy) is 2. The van der Waals surface area contributed by atoms with E-state index in [1.807, 2.05) is 57.2 Å². The lowest BCUT2D eigenvalue weighted by atomic mass is 9.87. The van der Waals surface area contributed by atoms with Crippen molar-refractivity contribution in [2.45, 2.75) is 58.7 Å². The second-order valence-electron chi connectivity index (χ2n) is 9.37. The second kappa shape index (κ2) is 13.5. The Hall–Kier alpha value is -3.52. The fourth-order valence-electron chi connectivity index (χ4n) is 4.76. The molecule has 0 radical (unpaired) electrons. The molecule has 0 spiro atoms. The van der Waals surface area contributed by atoms with Crippen LogP contribution in [0.4, 0.5) is 13.2 Å². The van der Waals surface area contributed by atoms with Crippen LogP contribution in [0.2, 0.25) is 0 Å². The average Bonchev–Trinajstić information content (AvgIpc) is 2.92. The van der Waals surface area contributed by atoms with E-state index in [2.05, 4.69) is 5.32 Å². The Balaban J connectivity index is 1.86. The van der Waals surface area contributed by atoms with Crippen molar-refractivity contribution >= 4 is 5.97 Å². The molecule has 0 amide bonds. The van der Waals surface area contributed by atoms with Gasteiger partial charge in [0.15, 0.2) is 0 Å². The molecular formula is C31H36F3NO4. The zero-order valence-corrected chi connectivity index (χ0v) is 22.8. The summed E-state index contributed by atoms with van der Waals surface area (Å²) in [5.74, 6) is -0.0311. The zero-order valence-electron chi connectivity index (χ0n) is 22.8. The highest BCUT2D eigenvalue weighted by molar-refractivity contribution is 5.73. The molecule has 0 bridgehead atoms. The lowest BCUT2D eigenvalue weighted by Gasteiger charge is -2.20. The van der Waals surface area contributed by atoms with E-state index in [0.717, 1.165) is 40.1 Å². The fraction of sp³-hybridized carbons (Fsp3) is 0.387. The van der Waals surface area contributed by atoms with Crippen molar-refractivity contribution in [3.63, 3.8) is 0 Å². The Kier molecular flexibility index (Phi) is 10.4. The maximum Gasteiger partial charge on any atom is 0.416 e. The number of carbonyl (C=O) groups is 1. The number of methoxy groups -OCH3 is 1. The number of benzene rings is 3. The highest BCUT2D eigenvalue weighted by Gasteiger charge is 2.32. The second-order valence-corrected chi connectivity index (χ2v) is 9.37. The lowest BCUT2D eigenvalue weighted by molar-refractivity contribution is -0.138. The Morgan fingerprint density at radius 3 is 2.41 bits per heavy atom. The van der Waals surface area contributed by atoms with Gasteiger partial charge in [0.2, 0.25) is 0 Å². The molecule has 1 atom stereocenters. The van der Waals surface area contributed by atoms with Crippen LogP contribution in [0.3, 0.4) is 0 Å². The van der Waals surface area contributed by atoms with Crippen LogP contribution in [0.5, 0.6) is 11.5 Å². The number of aryl methyl sites for hydroxylation is 1.